The Balaban J connectivity index is 1.29. The fourth-order valence-corrected chi connectivity index (χ4v) is 4.44. The molecule has 2 fully saturated rings. The second kappa shape index (κ2) is 9.86. The lowest BCUT2D eigenvalue weighted by molar-refractivity contribution is 0.00880. The summed E-state index contributed by atoms with van der Waals surface area (Å²) in [6.45, 7) is 6.15. The van der Waals surface area contributed by atoms with Crippen molar-refractivity contribution in [2.45, 2.75) is 45.1 Å². The third-order valence-electron chi connectivity index (χ3n) is 5.58. The Hall–Kier alpha value is -3.01. The Kier molecular flexibility index (Phi) is 6.92. The molecule has 1 amide bonds. The number of hydrogen-bond donors (Lipinski definition) is 3. The summed E-state index contributed by atoms with van der Waals surface area (Å²) in [5, 5.41) is 9.58. The molecule has 2 aromatic carbocycles. The summed E-state index contributed by atoms with van der Waals surface area (Å²) >= 11 is 5.47. The number of rotatable bonds is 5. The van der Waals surface area contributed by atoms with Gasteiger partial charge in [-0.1, -0.05) is 18.2 Å². The molecule has 2 aliphatic rings. The van der Waals surface area contributed by atoms with Gasteiger partial charge < -0.3 is 24.8 Å². The van der Waals surface area contributed by atoms with Crippen molar-refractivity contribution in [3.05, 3.63) is 59.2 Å². The lowest BCUT2D eigenvalue weighted by atomic mass is 10.1. The SMILES string of the molecule is CC(=O)c1cccc(NC(=O)OC2COC3C(NC(=S)Nc4cc(C)cc(C)c4)COC23)c1. The standard InChI is InChI=1S/C24H27N3O5S/c1-13-7-14(2)9-18(8-13)25-23(33)27-19-11-30-22-20(12-31-21(19)22)32-24(29)26-17-6-4-5-16(10-17)15(3)28/h4-10,19-22H,11-12H2,1-3H3,(H,26,29)(H2,25,27,33). The first-order valence-electron chi connectivity index (χ1n) is 10.8. The molecule has 4 rings (SSSR count). The van der Waals surface area contributed by atoms with E-state index >= 15 is 0 Å². The van der Waals surface area contributed by atoms with Gasteiger partial charge >= 0.3 is 6.09 Å². The van der Waals surface area contributed by atoms with E-state index in [4.69, 9.17) is 26.4 Å². The van der Waals surface area contributed by atoms with E-state index in [1.807, 2.05) is 26.0 Å². The number of aryl methyl sites for hydroxylation is 2. The summed E-state index contributed by atoms with van der Waals surface area (Å²) in [7, 11) is 0. The maximum Gasteiger partial charge on any atom is 0.412 e. The molecule has 0 bridgehead atoms. The third-order valence-corrected chi connectivity index (χ3v) is 5.80. The second-order valence-corrected chi connectivity index (χ2v) is 8.79. The number of amides is 1. The van der Waals surface area contributed by atoms with Crippen LogP contribution >= 0.6 is 12.2 Å². The minimum absolute atomic E-state index is 0.0816. The second-order valence-electron chi connectivity index (χ2n) is 8.38. The van der Waals surface area contributed by atoms with Crippen LogP contribution in [0, 0.1) is 13.8 Å². The molecule has 0 spiro atoms. The number of nitrogens with one attached hydrogen (secondary N) is 3. The average Bonchev–Trinajstić information content (AvgIpc) is 3.31. The molecule has 4 atom stereocenters. The number of ether oxygens (including phenoxy) is 3. The zero-order chi connectivity index (χ0) is 23.5. The molecule has 9 heteroatoms. The summed E-state index contributed by atoms with van der Waals surface area (Å²) in [6.07, 6.45) is -1.85. The molecule has 0 aliphatic carbocycles. The van der Waals surface area contributed by atoms with E-state index in [0.717, 1.165) is 16.8 Å². The van der Waals surface area contributed by atoms with E-state index in [2.05, 4.69) is 22.0 Å². The number of thiocarbonyl (C=S) groups is 1. The molecule has 174 valence electrons. The third kappa shape index (κ3) is 5.68. The summed E-state index contributed by atoms with van der Waals surface area (Å²) < 4.78 is 17.3. The number of carbonyl (C=O) groups excluding carboxylic acids is 2. The summed E-state index contributed by atoms with van der Waals surface area (Å²) in [4.78, 5) is 23.9. The zero-order valence-electron chi connectivity index (χ0n) is 18.7. The van der Waals surface area contributed by atoms with Gasteiger partial charge in [0.2, 0.25) is 0 Å². The van der Waals surface area contributed by atoms with Crippen LogP contribution in [0.25, 0.3) is 0 Å². The zero-order valence-corrected chi connectivity index (χ0v) is 19.5. The Morgan fingerprint density at radius 1 is 0.970 bits per heavy atom. The molecule has 3 N–H and O–H groups in total. The number of hydrogen-bond acceptors (Lipinski definition) is 6. The van der Waals surface area contributed by atoms with E-state index < -0.39 is 12.2 Å². The summed E-state index contributed by atoms with van der Waals surface area (Å²) in [5.41, 5.74) is 4.21. The van der Waals surface area contributed by atoms with Gasteiger partial charge in [0.15, 0.2) is 17.0 Å². The van der Waals surface area contributed by atoms with Gasteiger partial charge in [0.05, 0.1) is 19.3 Å². The molecule has 0 radical (unpaired) electrons. The molecule has 2 saturated heterocycles. The van der Waals surface area contributed by atoms with Gasteiger partial charge in [0, 0.05) is 16.9 Å². The molecule has 4 unspecified atom stereocenters. The highest BCUT2D eigenvalue weighted by molar-refractivity contribution is 7.80. The van der Waals surface area contributed by atoms with Gasteiger partial charge in [-0.15, -0.1) is 0 Å². The Morgan fingerprint density at radius 2 is 1.70 bits per heavy atom. The van der Waals surface area contributed by atoms with Crippen LogP contribution in [0.3, 0.4) is 0 Å². The van der Waals surface area contributed by atoms with Crippen molar-refractivity contribution >= 4 is 40.6 Å². The van der Waals surface area contributed by atoms with Gasteiger partial charge in [0.25, 0.3) is 0 Å². The van der Waals surface area contributed by atoms with Crippen molar-refractivity contribution in [2.24, 2.45) is 0 Å². The molecule has 2 heterocycles. The van der Waals surface area contributed by atoms with Crippen LogP contribution in [0.5, 0.6) is 0 Å². The van der Waals surface area contributed by atoms with Gasteiger partial charge in [-0.3, -0.25) is 10.1 Å². The van der Waals surface area contributed by atoms with Crippen LogP contribution < -0.4 is 16.0 Å². The first kappa shape index (κ1) is 23.2. The molecular formula is C24H27N3O5S. The maximum atomic E-state index is 12.4. The van der Waals surface area contributed by atoms with E-state index in [-0.39, 0.29) is 30.6 Å². The van der Waals surface area contributed by atoms with Crippen LogP contribution in [0.4, 0.5) is 16.2 Å². The predicted molar refractivity (Wildman–Crippen MR) is 129 cm³/mol. The van der Waals surface area contributed by atoms with Crippen molar-refractivity contribution in [3.8, 4) is 0 Å². The quantitative estimate of drug-likeness (QED) is 0.452. The number of fused-ring (bicyclic) bond motifs is 1. The average molecular weight is 470 g/mol. The first-order valence-corrected chi connectivity index (χ1v) is 11.2. The van der Waals surface area contributed by atoms with Crippen molar-refractivity contribution in [1.82, 2.24) is 5.32 Å². The largest absolute Gasteiger partial charge is 0.441 e. The lowest BCUT2D eigenvalue weighted by Crippen LogP contribution is -2.46. The van der Waals surface area contributed by atoms with Crippen LogP contribution in [0.15, 0.2) is 42.5 Å². The Labute approximate surface area is 198 Å². The highest BCUT2D eigenvalue weighted by atomic mass is 32.1. The van der Waals surface area contributed by atoms with Crippen molar-refractivity contribution < 1.29 is 23.8 Å². The monoisotopic (exact) mass is 469 g/mol. The fourth-order valence-electron chi connectivity index (χ4n) is 4.17. The first-order chi connectivity index (χ1) is 15.8. The van der Waals surface area contributed by atoms with Crippen LogP contribution in [-0.2, 0) is 14.2 Å². The molecule has 33 heavy (non-hydrogen) atoms. The summed E-state index contributed by atoms with van der Waals surface area (Å²) in [6, 6.07) is 12.7. The van der Waals surface area contributed by atoms with Gasteiger partial charge in [-0.25, -0.2) is 4.79 Å². The number of anilines is 2. The molecule has 8 nitrogen and oxygen atoms in total. The molecule has 0 saturated carbocycles. The van der Waals surface area contributed by atoms with Gasteiger partial charge in [-0.2, -0.15) is 0 Å². The number of carbonyl (C=O) groups is 2. The van der Waals surface area contributed by atoms with E-state index in [9.17, 15) is 9.59 Å². The fraction of sp³-hybridized carbons (Fsp3) is 0.375. The van der Waals surface area contributed by atoms with Gasteiger partial charge in [-0.05, 0) is 68.4 Å². The summed E-state index contributed by atoms with van der Waals surface area (Å²) in [5.74, 6) is -0.0816. The minimum atomic E-state index is -0.628. The van der Waals surface area contributed by atoms with Crippen LogP contribution in [-0.4, -0.2) is 54.6 Å². The van der Waals surface area contributed by atoms with Crippen molar-refractivity contribution in [2.75, 3.05) is 23.8 Å². The van der Waals surface area contributed by atoms with E-state index in [1.54, 1.807) is 24.3 Å². The van der Waals surface area contributed by atoms with Crippen LogP contribution in [0.2, 0.25) is 0 Å². The van der Waals surface area contributed by atoms with Crippen LogP contribution in [0.1, 0.15) is 28.4 Å². The van der Waals surface area contributed by atoms with E-state index in [1.165, 1.54) is 6.92 Å². The number of Topliss-reactive ketones (excluding diaryl/α,β-unsaturated/α-hetero) is 1. The highest BCUT2D eigenvalue weighted by Crippen LogP contribution is 2.29. The molecular weight excluding hydrogens is 442 g/mol. The lowest BCUT2D eigenvalue weighted by Gasteiger charge is -2.20. The van der Waals surface area contributed by atoms with E-state index in [0.29, 0.717) is 23.0 Å². The molecule has 0 aromatic heterocycles. The molecule has 2 aromatic rings. The van der Waals surface area contributed by atoms with Crippen molar-refractivity contribution in [1.29, 1.82) is 0 Å². The Morgan fingerprint density at radius 3 is 2.42 bits per heavy atom. The highest BCUT2D eigenvalue weighted by Gasteiger charge is 2.49. The smallest absolute Gasteiger partial charge is 0.412 e. The van der Waals surface area contributed by atoms with Crippen molar-refractivity contribution in [3.63, 3.8) is 0 Å². The predicted octanol–water partition coefficient (Wildman–Crippen LogP) is 3.58. The topological polar surface area (TPSA) is 97.9 Å². The minimum Gasteiger partial charge on any atom is -0.441 e. The normalized spacial score (nSPS) is 23.5. The van der Waals surface area contributed by atoms with Gasteiger partial charge in [0.1, 0.15) is 12.2 Å². The molecule has 2 aliphatic heterocycles. The Bertz CT molecular complexity index is 1060. The maximum absolute atomic E-state index is 12.4. The number of ketones is 1. The number of benzene rings is 2.